The van der Waals surface area contributed by atoms with Crippen molar-refractivity contribution >= 4 is 29.9 Å². The predicted molar refractivity (Wildman–Crippen MR) is 113 cm³/mol. The fraction of sp³-hybridized carbons (Fsp3) is 0.947. The van der Waals surface area contributed by atoms with Crippen molar-refractivity contribution in [1.82, 2.24) is 15.1 Å². The lowest BCUT2D eigenvalue weighted by Crippen LogP contribution is -2.47. The Kier molecular flexibility index (Phi) is 7.26. The first-order chi connectivity index (χ1) is 11.8. The van der Waals surface area contributed by atoms with Crippen molar-refractivity contribution in [3.63, 3.8) is 0 Å². The molecule has 2 heterocycles. The molecule has 2 saturated heterocycles. The van der Waals surface area contributed by atoms with Gasteiger partial charge in [-0.2, -0.15) is 0 Å². The third-order valence-corrected chi connectivity index (χ3v) is 6.65. The summed E-state index contributed by atoms with van der Waals surface area (Å²) in [5, 5.41) is 3.79. The molecule has 0 aromatic carbocycles. The Hall–Kier alpha value is -0.0800. The van der Waals surface area contributed by atoms with E-state index in [-0.39, 0.29) is 24.0 Å². The van der Waals surface area contributed by atoms with E-state index in [1.165, 1.54) is 44.9 Å². The second kappa shape index (κ2) is 9.22. The molecule has 0 spiro atoms. The number of nitrogens with one attached hydrogen (secondary N) is 1. The number of rotatable bonds is 3. The van der Waals surface area contributed by atoms with Crippen LogP contribution in [0, 0.1) is 11.8 Å². The number of hydrogen-bond acceptors (Lipinski definition) is 3. The van der Waals surface area contributed by atoms with Gasteiger partial charge in [0.25, 0.3) is 0 Å². The molecule has 2 aliphatic heterocycles. The molecule has 3 atom stereocenters. The number of aliphatic imine (C=N–C) groups is 1. The molecule has 4 fully saturated rings. The molecule has 1 N–H and O–H groups in total. The molecular weight excluding hydrogens is 427 g/mol. The zero-order valence-corrected chi connectivity index (χ0v) is 18.0. The quantitative estimate of drug-likeness (QED) is 0.398. The summed E-state index contributed by atoms with van der Waals surface area (Å²) in [4.78, 5) is 9.69. The Labute approximate surface area is 170 Å². The number of hydrogen-bond donors (Lipinski definition) is 1. The Morgan fingerprint density at radius 2 is 1.80 bits per heavy atom. The predicted octanol–water partition coefficient (Wildman–Crippen LogP) is 2.56. The monoisotopic (exact) mass is 462 g/mol. The Bertz CT molecular complexity index is 449. The molecular formula is C19H35IN4O. The van der Waals surface area contributed by atoms with Crippen LogP contribution in [0.4, 0.5) is 0 Å². The first kappa shape index (κ1) is 19.7. The van der Waals surface area contributed by atoms with Gasteiger partial charge in [0.15, 0.2) is 5.96 Å². The highest BCUT2D eigenvalue weighted by Gasteiger charge is 2.44. The molecule has 0 aromatic rings. The van der Waals surface area contributed by atoms with E-state index < -0.39 is 0 Å². The highest BCUT2D eigenvalue weighted by Crippen LogP contribution is 2.44. The summed E-state index contributed by atoms with van der Waals surface area (Å²) in [6.07, 6.45) is 9.92. The van der Waals surface area contributed by atoms with Gasteiger partial charge in [-0.1, -0.05) is 32.1 Å². The van der Waals surface area contributed by atoms with Gasteiger partial charge in [-0.15, -0.1) is 24.0 Å². The van der Waals surface area contributed by atoms with Crippen LogP contribution in [0.2, 0.25) is 0 Å². The van der Waals surface area contributed by atoms with Crippen LogP contribution >= 0.6 is 24.0 Å². The molecule has 5 nitrogen and oxygen atoms in total. The van der Waals surface area contributed by atoms with E-state index >= 15 is 0 Å². The topological polar surface area (TPSA) is 40.1 Å². The maximum absolute atomic E-state index is 5.49. The van der Waals surface area contributed by atoms with Crippen LogP contribution in [0.5, 0.6) is 0 Å². The molecule has 0 radical (unpaired) electrons. The molecule has 25 heavy (non-hydrogen) atoms. The van der Waals surface area contributed by atoms with Gasteiger partial charge in [0.2, 0.25) is 0 Å². The first-order valence-electron chi connectivity index (χ1n) is 10.1. The fourth-order valence-corrected chi connectivity index (χ4v) is 5.10. The van der Waals surface area contributed by atoms with Crippen molar-refractivity contribution in [2.75, 3.05) is 46.4 Å². The number of guanidine groups is 1. The van der Waals surface area contributed by atoms with Crippen LogP contribution in [0.15, 0.2) is 4.99 Å². The average molecular weight is 462 g/mol. The maximum Gasteiger partial charge on any atom is 0.193 e. The number of morpholine rings is 1. The number of ether oxygens (including phenoxy) is 1. The Balaban J connectivity index is 0.00000182. The zero-order valence-electron chi connectivity index (χ0n) is 15.7. The molecule has 144 valence electrons. The van der Waals surface area contributed by atoms with E-state index in [1.807, 2.05) is 7.05 Å². The summed E-state index contributed by atoms with van der Waals surface area (Å²) in [7, 11) is 1.95. The van der Waals surface area contributed by atoms with Gasteiger partial charge in [0, 0.05) is 45.3 Å². The van der Waals surface area contributed by atoms with Gasteiger partial charge >= 0.3 is 0 Å². The van der Waals surface area contributed by atoms with Crippen LogP contribution in [0.25, 0.3) is 0 Å². The van der Waals surface area contributed by atoms with E-state index in [1.54, 1.807) is 0 Å². The average Bonchev–Trinajstić information content (AvgIpc) is 3.25. The second-order valence-electron chi connectivity index (χ2n) is 8.13. The third kappa shape index (κ3) is 4.80. The van der Waals surface area contributed by atoms with E-state index in [2.05, 4.69) is 20.1 Å². The van der Waals surface area contributed by atoms with E-state index in [0.29, 0.717) is 12.1 Å². The second-order valence-corrected chi connectivity index (χ2v) is 8.13. The van der Waals surface area contributed by atoms with Gasteiger partial charge in [0.1, 0.15) is 0 Å². The summed E-state index contributed by atoms with van der Waals surface area (Å²) < 4.78 is 5.49. The van der Waals surface area contributed by atoms with Crippen LogP contribution in [0.1, 0.15) is 44.9 Å². The van der Waals surface area contributed by atoms with Gasteiger partial charge in [-0.3, -0.25) is 9.89 Å². The summed E-state index contributed by atoms with van der Waals surface area (Å²) >= 11 is 0. The molecule has 4 rings (SSSR count). The summed E-state index contributed by atoms with van der Waals surface area (Å²) in [6, 6.07) is 1.37. The van der Waals surface area contributed by atoms with Gasteiger partial charge in [0.05, 0.1) is 13.2 Å². The lowest BCUT2D eigenvalue weighted by atomic mass is 9.85. The smallest absolute Gasteiger partial charge is 0.193 e. The van der Waals surface area contributed by atoms with Crippen LogP contribution in [-0.2, 0) is 4.74 Å². The molecule has 2 aliphatic carbocycles. The lowest BCUT2D eigenvalue weighted by Gasteiger charge is -2.32. The number of halogens is 1. The van der Waals surface area contributed by atoms with Crippen LogP contribution < -0.4 is 5.32 Å². The normalized spacial score (nSPS) is 34.7. The van der Waals surface area contributed by atoms with Crippen molar-refractivity contribution in [2.45, 2.75) is 57.0 Å². The van der Waals surface area contributed by atoms with Gasteiger partial charge in [-0.05, 0) is 24.7 Å². The van der Waals surface area contributed by atoms with Crippen molar-refractivity contribution in [1.29, 1.82) is 0 Å². The minimum absolute atomic E-state index is 0. The largest absolute Gasteiger partial charge is 0.379 e. The minimum Gasteiger partial charge on any atom is -0.379 e. The highest BCUT2D eigenvalue weighted by molar-refractivity contribution is 14.0. The van der Waals surface area contributed by atoms with E-state index in [4.69, 9.17) is 4.74 Å². The third-order valence-electron chi connectivity index (χ3n) is 6.65. The standard InChI is InChI=1S/C19H34N4O.HI/c1-20-19(21-18-13-17(18)15-5-3-2-4-6-15)23-8-7-16(14-23)22-9-11-24-12-10-22;/h15-18H,2-14H2,1H3,(H,20,21);1H. The van der Waals surface area contributed by atoms with E-state index in [9.17, 15) is 0 Å². The summed E-state index contributed by atoms with van der Waals surface area (Å²) in [6.45, 7) is 6.25. The zero-order chi connectivity index (χ0) is 16.4. The molecule has 0 bridgehead atoms. The Morgan fingerprint density at radius 1 is 1.04 bits per heavy atom. The first-order valence-corrected chi connectivity index (χ1v) is 10.1. The molecule has 6 heteroatoms. The molecule has 0 amide bonds. The number of likely N-dealkylation sites (tertiary alicyclic amines) is 1. The summed E-state index contributed by atoms with van der Waals surface area (Å²) in [5.41, 5.74) is 0. The molecule has 3 unspecified atom stereocenters. The highest BCUT2D eigenvalue weighted by atomic mass is 127. The summed E-state index contributed by atoms with van der Waals surface area (Å²) in [5.74, 6) is 3.04. The van der Waals surface area contributed by atoms with Crippen molar-refractivity contribution in [2.24, 2.45) is 16.8 Å². The SMILES string of the molecule is CN=C(NC1CC1C1CCCCC1)N1CCC(N2CCOCC2)C1.I. The lowest BCUT2D eigenvalue weighted by molar-refractivity contribution is 0.0195. The molecule has 2 saturated carbocycles. The van der Waals surface area contributed by atoms with Crippen LogP contribution in [0.3, 0.4) is 0 Å². The van der Waals surface area contributed by atoms with Crippen molar-refractivity contribution in [3.8, 4) is 0 Å². The maximum atomic E-state index is 5.49. The fourth-order valence-electron chi connectivity index (χ4n) is 5.10. The Morgan fingerprint density at radius 3 is 2.52 bits per heavy atom. The van der Waals surface area contributed by atoms with Crippen LogP contribution in [-0.4, -0.2) is 74.3 Å². The molecule has 0 aromatic heterocycles. The van der Waals surface area contributed by atoms with Crippen molar-refractivity contribution in [3.05, 3.63) is 0 Å². The van der Waals surface area contributed by atoms with Crippen molar-refractivity contribution < 1.29 is 4.74 Å². The minimum atomic E-state index is 0. The molecule has 4 aliphatic rings. The van der Waals surface area contributed by atoms with Gasteiger partial charge < -0.3 is 15.0 Å². The van der Waals surface area contributed by atoms with Gasteiger partial charge in [-0.25, -0.2) is 0 Å². The van der Waals surface area contributed by atoms with E-state index in [0.717, 1.165) is 57.2 Å². The number of nitrogens with zero attached hydrogens (tertiary/aromatic N) is 3.